The van der Waals surface area contributed by atoms with Crippen LogP contribution in [0, 0.1) is 0 Å². The molecule has 0 spiro atoms. The van der Waals surface area contributed by atoms with E-state index in [9.17, 15) is 10.2 Å². The average molecular weight is 423 g/mol. The Hall–Kier alpha value is -1.34. The Morgan fingerprint density at radius 1 is 0.767 bits per heavy atom. The first kappa shape index (κ1) is 23.3. The molecule has 2 fully saturated rings. The van der Waals surface area contributed by atoms with Crippen LogP contribution in [0.4, 0.5) is 0 Å². The van der Waals surface area contributed by atoms with Gasteiger partial charge in [-0.1, -0.05) is 0 Å². The third-order valence-electron chi connectivity index (χ3n) is 6.87. The number of benzene rings is 1. The molecule has 3 rings (SSSR count). The third-order valence-corrected chi connectivity index (χ3v) is 6.87. The predicted molar refractivity (Wildman–Crippen MR) is 117 cm³/mol. The molecule has 30 heavy (non-hydrogen) atoms. The highest BCUT2D eigenvalue weighted by molar-refractivity contribution is 5.31. The summed E-state index contributed by atoms with van der Waals surface area (Å²) in [5, 5.41) is 20.7. The number of aliphatic hydroxyl groups excluding tert-OH is 2. The molecule has 6 heteroatoms. The minimum atomic E-state index is -0.452. The highest BCUT2D eigenvalue weighted by Gasteiger charge is 2.25. The topological polar surface area (TPSA) is 67.8 Å². The monoisotopic (exact) mass is 422 g/mol. The van der Waals surface area contributed by atoms with Gasteiger partial charge in [0, 0.05) is 0 Å². The van der Waals surface area contributed by atoms with Gasteiger partial charge >= 0.3 is 0 Å². The van der Waals surface area contributed by atoms with Crippen molar-refractivity contribution in [2.45, 2.75) is 76.7 Å². The van der Waals surface area contributed by atoms with Crippen LogP contribution in [0.3, 0.4) is 0 Å². The van der Waals surface area contributed by atoms with E-state index in [4.69, 9.17) is 9.47 Å². The summed E-state index contributed by atoms with van der Waals surface area (Å²) in [6.45, 7) is 8.95. The molecule has 4 N–H and O–H groups in total. The summed E-state index contributed by atoms with van der Waals surface area (Å²) >= 11 is 0. The molecule has 6 atom stereocenters. The van der Waals surface area contributed by atoms with Crippen molar-refractivity contribution in [3.8, 4) is 11.5 Å². The van der Waals surface area contributed by atoms with Gasteiger partial charge < -0.3 is 29.5 Å². The summed E-state index contributed by atoms with van der Waals surface area (Å²) in [6.07, 6.45) is 6.71. The van der Waals surface area contributed by atoms with Crippen LogP contribution in [0.15, 0.2) is 24.3 Å². The standard InChI is InChI=1S/C24H40N2O4/c1-19-7-3-5-13-25(19)15-21(27)17-29-23-9-11-24(12-10-23)30-18-22(28)16-26-14-6-4-8-20(26)2/h9-12,19-22,27-28H,3-8,13-18H2,1-2H3/p+2/t19-,20+,21-,22+. The average Bonchev–Trinajstić information content (AvgIpc) is 2.75. The van der Waals surface area contributed by atoms with Gasteiger partial charge in [-0.2, -0.15) is 0 Å². The molecule has 6 nitrogen and oxygen atoms in total. The quantitative estimate of drug-likeness (QED) is 0.431. The van der Waals surface area contributed by atoms with E-state index in [0.29, 0.717) is 25.3 Å². The molecule has 1 aromatic rings. The number of hydrogen-bond donors (Lipinski definition) is 4. The van der Waals surface area contributed by atoms with E-state index in [1.807, 2.05) is 24.3 Å². The van der Waals surface area contributed by atoms with Crippen LogP contribution in [0.1, 0.15) is 52.4 Å². The SMILES string of the molecule is C[C@@H]1CCCC[NH+]1C[C@@H](O)COc1ccc(OC[C@@H](O)C[NH+]2CCCC[C@@H]2C)cc1. The lowest BCUT2D eigenvalue weighted by molar-refractivity contribution is -0.931. The molecule has 1 aromatic carbocycles. The number of aliphatic hydroxyl groups is 2. The number of rotatable bonds is 10. The summed E-state index contributed by atoms with van der Waals surface area (Å²) in [4.78, 5) is 2.97. The number of hydrogen-bond acceptors (Lipinski definition) is 4. The van der Waals surface area contributed by atoms with Crippen LogP contribution < -0.4 is 19.3 Å². The minimum Gasteiger partial charge on any atom is -0.491 e. The van der Waals surface area contributed by atoms with Crippen LogP contribution in [-0.2, 0) is 0 Å². The van der Waals surface area contributed by atoms with Crippen molar-refractivity contribution >= 4 is 0 Å². The molecule has 2 unspecified atom stereocenters. The number of nitrogens with one attached hydrogen (secondary N) is 2. The van der Waals surface area contributed by atoms with Crippen LogP contribution in [0.2, 0.25) is 0 Å². The zero-order valence-corrected chi connectivity index (χ0v) is 18.8. The second kappa shape index (κ2) is 11.9. The Labute approximate surface area is 181 Å². The molecule has 2 aliphatic rings. The molecule has 170 valence electrons. The number of ether oxygens (including phenoxy) is 2. The fraction of sp³-hybridized carbons (Fsp3) is 0.750. The lowest BCUT2D eigenvalue weighted by Gasteiger charge is -2.31. The highest BCUT2D eigenvalue weighted by Crippen LogP contribution is 2.18. The van der Waals surface area contributed by atoms with Crippen molar-refractivity contribution in [3.63, 3.8) is 0 Å². The van der Waals surface area contributed by atoms with Gasteiger partial charge in [-0.25, -0.2) is 0 Å². The maximum atomic E-state index is 10.3. The van der Waals surface area contributed by atoms with Crippen molar-refractivity contribution in [2.75, 3.05) is 39.4 Å². The summed E-state index contributed by atoms with van der Waals surface area (Å²) in [5.74, 6) is 1.46. The molecule has 0 saturated carbocycles. The first-order valence-corrected chi connectivity index (χ1v) is 11.9. The van der Waals surface area contributed by atoms with E-state index in [2.05, 4.69) is 13.8 Å². The summed E-state index contributed by atoms with van der Waals surface area (Å²) < 4.78 is 11.5. The predicted octanol–water partition coefficient (Wildman–Crippen LogP) is 0.0806. The Morgan fingerprint density at radius 2 is 1.17 bits per heavy atom. The molecule has 0 aliphatic carbocycles. The molecule has 2 heterocycles. The van der Waals surface area contributed by atoms with Crippen LogP contribution in [-0.4, -0.2) is 73.9 Å². The van der Waals surface area contributed by atoms with Gasteiger partial charge in [0.2, 0.25) is 0 Å². The fourth-order valence-electron chi connectivity index (χ4n) is 4.85. The van der Waals surface area contributed by atoms with Gasteiger partial charge in [0.15, 0.2) is 0 Å². The van der Waals surface area contributed by atoms with Gasteiger partial charge in [-0.05, 0) is 76.6 Å². The molecule has 2 saturated heterocycles. The van der Waals surface area contributed by atoms with Crippen molar-refractivity contribution in [1.29, 1.82) is 0 Å². The van der Waals surface area contributed by atoms with E-state index >= 15 is 0 Å². The van der Waals surface area contributed by atoms with Gasteiger partial charge in [0.05, 0.1) is 25.2 Å². The maximum absolute atomic E-state index is 10.3. The molecule has 0 aromatic heterocycles. The zero-order chi connectivity index (χ0) is 21.3. The smallest absolute Gasteiger partial charge is 0.137 e. The fourth-order valence-corrected chi connectivity index (χ4v) is 4.85. The van der Waals surface area contributed by atoms with E-state index in [-0.39, 0.29) is 0 Å². The van der Waals surface area contributed by atoms with Crippen LogP contribution in [0.5, 0.6) is 11.5 Å². The van der Waals surface area contributed by atoms with Crippen molar-refractivity contribution in [3.05, 3.63) is 24.3 Å². The molecule has 2 aliphatic heterocycles. The Kier molecular flexibility index (Phi) is 9.25. The lowest BCUT2D eigenvalue weighted by Crippen LogP contribution is -3.17. The lowest BCUT2D eigenvalue weighted by atomic mass is 10.0. The highest BCUT2D eigenvalue weighted by atomic mass is 16.5. The van der Waals surface area contributed by atoms with Gasteiger partial charge in [0.1, 0.15) is 50.0 Å². The van der Waals surface area contributed by atoms with Crippen molar-refractivity contribution in [2.24, 2.45) is 0 Å². The van der Waals surface area contributed by atoms with E-state index in [0.717, 1.165) is 37.7 Å². The Bertz CT molecular complexity index is 559. The first-order valence-electron chi connectivity index (χ1n) is 11.9. The maximum Gasteiger partial charge on any atom is 0.137 e. The van der Waals surface area contributed by atoms with Crippen LogP contribution >= 0.6 is 0 Å². The molecular formula is C24H42N2O4+2. The summed E-state index contributed by atoms with van der Waals surface area (Å²) in [7, 11) is 0. The minimum absolute atomic E-state index is 0.311. The normalized spacial score (nSPS) is 29.2. The first-order chi connectivity index (χ1) is 14.5. The molecule has 0 amide bonds. The molecular weight excluding hydrogens is 380 g/mol. The number of likely N-dealkylation sites (tertiary alicyclic amines) is 2. The van der Waals surface area contributed by atoms with Gasteiger partial charge in [0.25, 0.3) is 0 Å². The van der Waals surface area contributed by atoms with E-state index in [1.54, 1.807) is 0 Å². The van der Waals surface area contributed by atoms with E-state index in [1.165, 1.54) is 48.3 Å². The summed E-state index contributed by atoms with van der Waals surface area (Å²) in [6, 6.07) is 8.71. The molecule has 0 bridgehead atoms. The van der Waals surface area contributed by atoms with Gasteiger partial charge in [-0.15, -0.1) is 0 Å². The zero-order valence-electron chi connectivity index (χ0n) is 18.8. The number of piperidine rings is 2. The number of quaternary nitrogens is 2. The third kappa shape index (κ3) is 7.41. The van der Waals surface area contributed by atoms with Crippen LogP contribution in [0.25, 0.3) is 0 Å². The summed E-state index contributed by atoms with van der Waals surface area (Å²) in [5.41, 5.74) is 0. The second-order valence-electron chi connectivity index (χ2n) is 9.42. The van der Waals surface area contributed by atoms with Crippen molar-refractivity contribution in [1.82, 2.24) is 0 Å². The Balaban J connectivity index is 1.35. The largest absolute Gasteiger partial charge is 0.491 e. The Morgan fingerprint density at radius 3 is 1.53 bits per heavy atom. The second-order valence-corrected chi connectivity index (χ2v) is 9.42. The van der Waals surface area contributed by atoms with Crippen molar-refractivity contribution < 1.29 is 29.5 Å². The molecule has 0 radical (unpaired) electrons. The van der Waals surface area contributed by atoms with Gasteiger partial charge in [-0.3, -0.25) is 0 Å². The van der Waals surface area contributed by atoms with E-state index < -0.39 is 12.2 Å².